The zero-order valence-corrected chi connectivity index (χ0v) is 13.2. The SMILES string of the molecule is Cc1noc([C@@H](C)NC(=O)C2=NCC(=O)N(c3ccccc3)N2)n1. The van der Waals surface area contributed by atoms with E-state index in [9.17, 15) is 9.59 Å². The molecule has 3 rings (SSSR count). The first-order valence-corrected chi connectivity index (χ1v) is 7.35. The van der Waals surface area contributed by atoms with Crippen LogP contribution in [0.15, 0.2) is 39.8 Å². The number of anilines is 1. The normalized spacial score (nSPS) is 15.5. The second kappa shape index (κ2) is 6.49. The fourth-order valence-electron chi connectivity index (χ4n) is 2.14. The third-order valence-electron chi connectivity index (χ3n) is 3.33. The highest BCUT2D eigenvalue weighted by atomic mass is 16.5. The number of hydrogen-bond acceptors (Lipinski definition) is 7. The summed E-state index contributed by atoms with van der Waals surface area (Å²) in [5.74, 6) is 0.111. The van der Waals surface area contributed by atoms with E-state index in [4.69, 9.17) is 4.52 Å². The molecule has 9 nitrogen and oxygen atoms in total. The van der Waals surface area contributed by atoms with E-state index in [-0.39, 0.29) is 18.3 Å². The van der Waals surface area contributed by atoms with Gasteiger partial charge in [0.05, 0.1) is 5.69 Å². The Bertz CT molecular complexity index is 786. The van der Waals surface area contributed by atoms with Crippen molar-refractivity contribution in [3.8, 4) is 0 Å². The molecule has 24 heavy (non-hydrogen) atoms. The monoisotopic (exact) mass is 328 g/mol. The molecule has 124 valence electrons. The summed E-state index contributed by atoms with van der Waals surface area (Å²) in [4.78, 5) is 32.4. The number of hydrogen-bond donors (Lipinski definition) is 2. The highest BCUT2D eigenvalue weighted by molar-refractivity contribution is 6.39. The Morgan fingerprint density at radius 3 is 2.79 bits per heavy atom. The first kappa shape index (κ1) is 15.7. The maximum Gasteiger partial charge on any atom is 0.288 e. The minimum atomic E-state index is -0.481. The van der Waals surface area contributed by atoms with Crippen LogP contribution in [-0.2, 0) is 9.59 Å². The number of nitrogens with one attached hydrogen (secondary N) is 2. The minimum absolute atomic E-state index is 0.0431. The third kappa shape index (κ3) is 3.24. The Labute approximate surface area is 137 Å². The first-order valence-electron chi connectivity index (χ1n) is 7.35. The van der Waals surface area contributed by atoms with Gasteiger partial charge in [-0.3, -0.25) is 20.0 Å². The molecule has 9 heteroatoms. The maximum absolute atomic E-state index is 12.3. The average Bonchev–Trinajstić information content (AvgIpc) is 3.02. The maximum atomic E-state index is 12.3. The second-order valence-electron chi connectivity index (χ2n) is 5.22. The molecular formula is C15H16N6O3. The summed E-state index contributed by atoms with van der Waals surface area (Å²) in [6.45, 7) is 3.30. The van der Waals surface area contributed by atoms with Gasteiger partial charge >= 0.3 is 0 Å². The number of para-hydroxylation sites is 1. The minimum Gasteiger partial charge on any atom is -0.338 e. The standard InChI is InChI=1S/C15H16N6O3/c1-9(15-18-10(2)20-24-15)17-14(23)13-16-8-12(22)21(19-13)11-6-4-3-5-7-11/h3-7,9H,8H2,1-2H3,(H,16,19)(H,17,23)/t9-/m1/s1. The number of rotatable bonds is 4. The van der Waals surface area contributed by atoms with Gasteiger partial charge in [-0.2, -0.15) is 4.98 Å². The molecule has 1 aliphatic heterocycles. The van der Waals surface area contributed by atoms with Crippen molar-refractivity contribution in [2.24, 2.45) is 4.99 Å². The third-order valence-corrected chi connectivity index (χ3v) is 3.33. The highest BCUT2D eigenvalue weighted by Gasteiger charge is 2.27. The summed E-state index contributed by atoms with van der Waals surface area (Å²) in [7, 11) is 0. The zero-order valence-electron chi connectivity index (χ0n) is 13.2. The lowest BCUT2D eigenvalue weighted by atomic mass is 10.3. The van der Waals surface area contributed by atoms with Gasteiger partial charge in [0.2, 0.25) is 11.7 Å². The van der Waals surface area contributed by atoms with Gasteiger partial charge in [0.1, 0.15) is 12.6 Å². The number of carbonyl (C=O) groups excluding carboxylic acids is 2. The number of carbonyl (C=O) groups is 2. The molecule has 2 amide bonds. The van der Waals surface area contributed by atoms with Gasteiger partial charge in [0, 0.05) is 0 Å². The number of amides is 2. The molecule has 0 fully saturated rings. The highest BCUT2D eigenvalue weighted by Crippen LogP contribution is 2.14. The van der Waals surface area contributed by atoms with Crippen LogP contribution in [0, 0.1) is 6.92 Å². The van der Waals surface area contributed by atoms with Crippen LogP contribution in [0.2, 0.25) is 0 Å². The van der Waals surface area contributed by atoms with E-state index < -0.39 is 11.9 Å². The van der Waals surface area contributed by atoms with Gasteiger partial charge in [0.15, 0.2) is 5.82 Å². The van der Waals surface area contributed by atoms with Crippen molar-refractivity contribution in [1.29, 1.82) is 0 Å². The van der Waals surface area contributed by atoms with E-state index in [1.165, 1.54) is 5.01 Å². The van der Waals surface area contributed by atoms with Gasteiger partial charge in [-0.1, -0.05) is 23.4 Å². The molecule has 2 aromatic rings. The van der Waals surface area contributed by atoms with E-state index >= 15 is 0 Å². The van der Waals surface area contributed by atoms with Gasteiger partial charge in [-0.25, -0.2) is 5.01 Å². The number of benzene rings is 1. The van der Waals surface area contributed by atoms with Gasteiger partial charge in [0.25, 0.3) is 11.8 Å². The molecule has 0 unspecified atom stereocenters. The zero-order chi connectivity index (χ0) is 17.1. The quantitative estimate of drug-likeness (QED) is 0.845. The fraction of sp³-hybridized carbons (Fsp3) is 0.267. The molecule has 1 aromatic carbocycles. The lowest BCUT2D eigenvalue weighted by molar-refractivity contribution is -0.118. The smallest absolute Gasteiger partial charge is 0.288 e. The van der Waals surface area contributed by atoms with Crippen molar-refractivity contribution >= 4 is 23.3 Å². The molecule has 2 heterocycles. The van der Waals surface area contributed by atoms with E-state index in [2.05, 4.69) is 25.9 Å². The van der Waals surface area contributed by atoms with Crippen molar-refractivity contribution < 1.29 is 14.1 Å². The van der Waals surface area contributed by atoms with Crippen LogP contribution in [-0.4, -0.2) is 34.3 Å². The predicted molar refractivity (Wildman–Crippen MR) is 85.0 cm³/mol. The molecule has 2 N–H and O–H groups in total. The Morgan fingerprint density at radius 1 is 1.38 bits per heavy atom. The van der Waals surface area contributed by atoms with Crippen LogP contribution in [0.1, 0.15) is 24.7 Å². The Morgan fingerprint density at radius 2 is 2.12 bits per heavy atom. The second-order valence-corrected chi connectivity index (χ2v) is 5.22. The van der Waals surface area contributed by atoms with Crippen LogP contribution in [0.3, 0.4) is 0 Å². The first-order chi connectivity index (χ1) is 11.5. The Hall–Kier alpha value is -3.23. The summed E-state index contributed by atoms with van der Waals surface area (Å²) in [5, 5.41) is 7.68. The average molecular weight is 328 g/mol. The molecule has 1 aliphatic rings. The van der Waals surface area contributed by atoms with Crippen molar-refractivity contribution in [3.63, 3.8) is 0 Å². The van der Waals surface area contributed by atoms with Crippen LogP contribution >= 0.6 is 0 Å². The molecule has 0 bridgehead atoms. The Balaban J connectivity index is 1.70. The molecule has 0 saturated carbocycles. The Kier molecular flexibility index (Phi) is 4.23. The van der Waals surface area contributed by atoms with Gasteiger partial charge < -0.3 is 9.84 Å². The van der Waals surface area contributed by atoms with E-state index in [0.717, 1.165) is 0 Å². The predicted octanol–water partition coefficient (Wildman–Crippen LogP) is 0.505. The lowest BCUT2D eigenvalue weighted by Gasteiger charge is -2.27. The van der Waals surface area contributed by atoms with E-state index in [1.807, 2.05) is 6.07 Å². The molecule has 0 spiro atoms. The van der Waals surface area contributed by atoms with Crippen LogP contribution < -0.4 is 15.8 Å². The topological polar surface area (TPSA) is 113 Å². The fourth-order valence-corrected chi connectivity index (χ4v) is 2.14. The summed E-state index contributed by atoms with van der Waals surface area (Å²) >= 11 is 0. The van der Waals surface area contributed by atoms with Crippen LogP contribution in [0.4, 0.5) is 5.69 Å². The van der Waals surface area contributed by atoms with E-state index in [1.54, 1.807) is 38.1 Å². The van der Waals surface area contributed by atoms with Gasteiger partial charge in [-0.05, 0) is 26.0 Å². The molecule has 1 atom stereocenters. The van der Waals surface area contributed by atoms with Gasteiger partial charge in [-0.15, -0.1) is 0 Å². The summed E-state index contributed by atoms with van der Waals surface area (Å²) < 4.78 is 5.02. The number of hydrazine groups is 1. The number of aliphatic imine (C=N–C) groups is 1. The summed E-state index contributed by atoms with van der Waals surface area (Å²) in [6.07, 6.45) is 0. The molecule has 0 aliphatic carbocycles. The molecule has 0 saturated heterocycles. The largest absolute Gasteiger partial charge is 0.338 e. The number of aryl methyl sites for hydroxylation is 1. The number of amidine groups is 1. The number of nitrogens with zero attached hydrogens (tertiary/aromatic N) is 4. The summed E-state index contributed by atoms with van der Waals surface area (Å²) in [5.41, 5.74) is 3.36. The van der Waals surface area contributed by atoms with Crippen LogP contribution in [0.25, 0.3) is 0 Å². The van der Waals surface area contributed by atoms with Crippen molar-refractivity contribution in [3.05, 3.63) is 42.0 Å². The lowest BCUT2D eigenvalue weighted by Crippen LogP contribution is -2.56. The summed E-state index contributed by atoms with van der Waals surface area (Å²) in [6, 6.07) is 8.48. The van der Waals surface area contributed by atoms with E-state index in [0.29, 0.717) is 17.4 Å². The van der Waals surface area contributed by atoms with Crippen LogP contribution in [0.5, 0.6) is 0 Å². The van der Waals surface area contributed by atoms with Crippen molar-refractivity contribution in [2.75, 3.05) is 11.6 Å². The number of aromatic nitrogens is 2. The molecular weight excluding hydrogens is 312 g/mol. The van der Waals surface area contributed by atoms with Crippen molar-refractivity contribution in [2.45, 2.75) is 19.9 Å². The molecule has 1 aromatic heterocycles. The molecule has 0 radical (unpaired) electrons. The van der Waals surface area contributed by atoms with Crippen molar-refractivity contribution in [1.82, 2.24) is 20.9 Å².